The van der Waals surface area contributed by atoms with Crippen LogP contribution in [0.3, 0.4) is 0 Å². The van der Waals surface area contributed by atoms with E-state index in [1.807, 2.05) is 30.9 Å². The molecule has 1 aromatic carbocycles. The number of rotatable bonds is 3. The van der Waals surface area contributed by atoms with E-state index in [2.05, 4.69) is 17.4 Å². The molecule has 2 rings (SSSR count). The van der Waals surface area contributed by atoms with Crippen molar-refractivity contribution in [2.45, 2.75) is 32.5 Å². The lowest BCUT2D eigenvalue weighted by Gasteiger charge is -2.36. The lowest BCUT2D eigenvalue weighted by atomic mass is 10.1. The van der Waals surface area contributed by atoms with Crippen LogP contribution in [0.15, 0.2) is 24.3 Å². The number of carbonyl (C=O) groups is 1. The summed E-state index contributed by atoms with van der Waals surface area (Å²) in [5, 5.41) is 12.3. The Balaban J connectivity index is 2.07. The number of nitrogens with one attached hydrogen (secondary N) is 1. The number of aryl methyl sites for hydroxylation is 1. The van der Waals surface area contributed by atoms with Crippen LogP contribution in [0.1, 0.15) is 18.1 Å². The monoisotopic (exact) mass is 248 g/mol. The van der Waals surface area contributed by atoms with Gasteiger partial charge in [-0.3, -0.25) is 10.1 Å². The van der Waals surface area contributed by atoms with E-state index < -0.39 is 6.04 Å². The van der Waals surface area contributed by atoms with Gasteiger partial charge in [0.1, 0.15) is 6.04 Å². The molecule has 0 saturated carbocycles. The highest BCUT2D eigenvalue weighted by atomic mass is 16.3. The fourth-order valence-electron chi connectivity index (χ4n) is 2.30. The summed E-state index contributed by atoms with van der Waals surface area (Å²) in [5.41, 5.74) is 2.34. The van der Waals surface area contributed by atoms with Crippen LogP contribution in [0.25, 0.3) is 0 Å². The quantitative estimate of drug-likeness (QED) is 0.827. The lowest BCUT2D eigenvalue weighted by Crippen LogP contribution is -2.60. The summed E-state index contributed by atoms with van der Waals surface area (Å²) in [6, 6.07) is 7.95. The fourth-order valence-corrected chi connectivity index (χ4v) is 2.30. The topological polar surface area (TPSA) is 52.6 Å². The first-order valence-electron chi connectivity index (χ1n) is 6.31. The molecule has 1 heterocycles. The molecular formula is C14H20N2O2. The molecule has 2 atom stereocenters. The Morgan fingerprint density at radius 1 is 1.39 bits per heavy atom. The number of aliphatic hydroxyl groups excluding tert-OH is 1. The smallest absolute Gasteiger partial charge is 0.242 e. The van der Waals surface area contributed by atoms with Crippen molar-refractivity contribution in [1.29, 1.82) is 0 Å². The van der Waals surface area contributed by atoms with Crippen LogP contribution < -0.4 is 5.32 Å². The average molecular weight is 248 g/mol. The molecule has 0 aliphatic carbocycles. The van der Waals surface area contributed by atoms with E-state index in [9.17, 15) is 9.90 Å². The number of hydrogen-bond acceptors (Lipinski definition) is 3. The molecule has 4 heteroatoms. The molecule has 1 aromatic rings. The molecule has 4 nitrogen and oxygen atoms in total. The third-order valence-electron chi connectivity index (χ3n) is 3.27. The molecule has 18 heavy (non-hydrogen) atoms. The first kappa shape index (κ1) is 13.1. The molecule has 2 N–H and O–H groups in total. The molecule has 1 saturated heterocycles. The number of amides is 1. The molecular weight excluding hydrogens is 228 g/mol. The van der Waals surface area contributed by atoms with E-state index in [-0.39, 0.29) is 18.6 Å². The van der Waals surface area contributed by atoms with Crippen molar-refractivity contribution >= 4 is 5.91 Å². The largest absolute Gasteiger partial charge is 0.394 e. The minimum atomic E-state index is -0.459. The molecule has 0 radical (unpaired) electrons. The van der Waals surface area contributed by atoms with Gasteiger partial charge < -0.3 is 10.0 Å². The number of piperazine rings is 1. The van der Waals surface area contributed by atoms with E-state index in [1.54, 1.807) is 0 Å². The van der Waals surface area contributed by atoms with Gasteiger partial charge in [-0.25, -0.2) is 0 Å². The van der Waals surface area contributed by atoms with Crippen LogP contribution in [-0.2, 0) is 11.3 Å². The summed E-state index contributed by atoms with van der Waals surface area (Å²) >= 11 is 0. The van der Waals surface area contributed by atoms with Gasteiger partial charge in [-0.1, -0.05) is 29.8 Å². The average Bonchev–Trinajstić information content (AvgIpc) is 2.36. The summed E-state index contributed by atoms with van der Waals surface area (Å²) < 4.78 is 0. The summed E-state index contributed by atoms with van der Waals surface area (Å²) in [5.74, 6) is -0.0174. The Labute approximate surface area is 108 Å². The predicted octanol–water partition coefficient (Wildman–Crippen LogP) is 0.676. The fraction of sp³-hybridized carbons (Fsp3) is 0.500. The van der Waals surface area contributed by atoms with Crippen LogP contribution in [0, 0.1) is 6.92 Å². The Kier molecular flexibility index (Phi) is 3.99. The molecule has 98 valence electrons. The van der Waals surface area contributed by atoms with E-state index in [4.69, 9.17) is 0 Å². The molecule has 0 bridgehead atoms. The van der Waals surface area contributed by atoms with Crippen molar-refractivity contribution in [3.63, 3.8) is 0 Å². The van der Waals surface area contributed by atoms with Gasteiger partial charge in [0.2, 0.25) is 5.91 Å². The predicted molar refractivity (Wildman–Crippen MR) is 70.1 cm³/mol. The van der Waals surface area contributed by atoms with Crippen molar-refractivity contribution in [2.75, 3.05) is 13.2 Å². The summed E-state index contributed by atoms with van der Waals surface area (Å²) in [6.07, 6.45) is 0. The molecule has 2 unspecified atom stereocenters. The van der Waals surface area contributed by atoms with E-state index >= 15 is 0 Å². The Morgan fingerprint density at radius 2 is 2.06 bits per heavy atom. The highest BCUT2D eigenvalue weighted by Gasteiger charge is 2.31. The zero-order valence-corrected chi connectivity index (χ0v) is 10.9. The van der Waals surface area contributed by atoms with E-state index in [0.717, 1.165) is 5.56 Å². The molecule has 1 aliphatic rings. The van der Waals surface area contributed by atoms with Gasteiger partial charge in [0.15, 0.2) is 0 Å². The molecule has 1 fully saturated rings. The van der Waals surface area contributed by atoms with Gasteiger partial charge in [-0.2, -0.15) is 0 Å². The van der Waals surface area contributed by atoms with Crippen molar-refractivity contribution in [2.24, 2.45) is 0 Å². The summed E-state index contributed by atoms with van der Waals surface area (Å²) in [7, 11) is 0. The molecule has 1 amide bonds. The van der Waals surface area contributed by atoms with E-state index in [0.29, 0.717) is 13.1 Å². The second kappa shape index (κ2) is 5.50. The Bertz CT molecular complexity index is 416. The highest BCUT2D eigenvalue weighted by molar-refractivity contribution is 5.83. The first-order chi connectivity index (χ1) is 8.60. The second-order valence-electron chi connectivity index (χ2n) is 5.01. The number of nitrogens with zero attached hydrogens (tertiary/aromatic N) is 1. The van der Waals surface area contributed by atoms with Gasteiger partial charge in [-0.15, -0.1) is 0 Å². The molecule has 1 aliphatic heterocycles. The van der Waals surface area contributed by atoms with Crippen LogP contribution in [-0.4, -0.2) is 41.1 Å². The number of hydrogen-bond donors (Lipinski definition) is 2. The zero-order valence-electron chi connectivity index (χ0n) is 10.9. The van der Waals surface area contributed by atoms with Crippen molar-refractivity contribution in [3.05, 3.63) is 35.4 Å². The summed E-state index contributed by atoms with van der Waals surface area (Å²) in [4.78, 5) is 13.9. The Morgan fingerprint density at radius 3 is 2.67 bits per heavy atom. The third kappa shape index (κ3) is 2.89. The van der Waals surface area contributed by atoms with Crippen LogP contribution in [0.5, 0.6) is 0 Å². The number of benzene rings is 1. The maximum Gasteiger partial charge on any atom is 0.242 e. The van der Waals surface area contributed by atoms with Gasteiger partial charge in [0.25, 0.3) is 0 Å². The first-order valence-corrected chi connectivity index (χ1v) is 6.31. The second-order valence-corrected chi connectivity index (χ2v) is 5.01. The lowest BCUT2D eigenvalue weighted by molar-refractivity contribution is -0.138. The van der Waals surface area contributed by atoms with Gasteiger partial charge in [-0.05, 0) is 19.4 Å². The maximum absolute atomic E-state index is 12.1. The van der Waals surface area contributed by atoms with Gasteiger partial charge >= 0.3 is 0 Å². The van der Waals surface area contributed by atoms with Gasteiger partial charge in [0, 0.05) is 19.1 Å². The molecule has 0 spiro atoms. The number of aliphatic hydroxyl groups is 1. The summed E-state index contributed by atoms with van der Waals surface area (Å²) in [6.45, 7) is 5.22. The van der Waals surface area contributed by atoms with Crippen molar-refractivity contribution in [1.82, 2.24) is 10.2 Å². The van der Waals surface area contributed by atoms with Crippen molar-refractivity contribution in [3.8, 4) is 0 Å². The Hall–Kier alpha value is -1.39. The van der Waals surface area contributed by atoms with Crippen LogP contribution >= 0.6 is 0 Å². The maximum atomic E-state index is 12.1. The van der Waals surface area contributed by atoms with Crippen molar-refractivity contribution < 1.29 is 9.90 Å². The minimum Gasteiger partial charge on any atom is -0.394 e. The molecule has 0 aromatic heterocycles. The van der Waals surface area contributed by atoms with Crippen LogP contribution in [0.4, 0.5) is 0 Å². The minimum absolute atomic E-state index is 0.0174. The zero-order chi connectivity index (χ0) is 13.1. The normalized spacial score (nSPS) is 24.4. The number of carbonyl (C=O) groups excluding carboxylic acids is 1. The van der Waals surface area contributed by atoms with Gasteiger partial charge in [0.05, 0.1) is 6.61 Å². The third-order valence-corrected chi connectivity index (χ3v) is 3.27. The standard InChI is InChI=1S/C14H20N2O2/c1-10-3-5-12(6-4-10)8-16-7-11(2)15-13(9-17)14(16)18/h3-6,11,13,15,17H,7-9H2,1-2H3. The van der Waals surface area contributed by atoms with Crippen LogP contribution in [0.2, 0.25) is 0 Å². The van der Waals surface area contributed by atoms with E-state index in [1.165, 1.54) is 5.56 Å². The SMILES string of the molecule is Cc1ccc(CN2CC(C)NC(CO)C2=O)cc1. The highest BCUT2D eigenvalue weighted by Crippen LogP contribution is 2.12.